The molecule has 0 aliphatic heterocycles. The molecule has 0 heterocycles. The van der Waals surface area contributed by atoms with Crippen molar-refractivity contribution in [2.75, 3.05) is 32.7 Å². The van der Waals surface area contributed by atoms with Crippen molar-refractivity contribution in [3.63, 3.8) is 0 Å². The summed E-state index contributed by atoms with van der Waals surface area (Å²) < 4.78 is 33.5. The third-order valence-electron chi connectivity index (χ3n) is 1.92. The lowest BCUT2D eigenvalue weighted by Gasteiger charge is -2.13. The number of alkyl halides is 3. The Morgan fingerprint density at radius 3 is 1.40 bits per heavy atom. The van der Waals surface area contributed by atoms with Gasteiger partial charge in [-0.05, 0) is 26.2 Å². The minimum atomic E-state index is -4.06. The van der Waals surface area contributed by atoms with Crippen molar-refractivity contribution in [2.45, 2.75) is 33.9 Å². The summed E-state index contributed by atoms with van der Waals surface area (Å²) in [6.45, 7) is 11.2. The van der Waals surface area contributed by atoms with E-state index in [-0.39, 0.29) is 0 Å². The molecule has 0 radical (unpaired) electrons. The SMILES string of the molecule is CCN(CC)CC.CCNCC(F)(F)F. The Morgan fingerprint density at radius 2 is 1.33 bits per heavy atom. The molecule has 15 heavy (non-hydrogen) atoms. The second-order valence-corrected chi connectivity index (χ2v) is 3.02. The first-order valence-corrected chi connectivity index (χ1v) is 5.40. The Hall–Kier alpha value is -0.290. The highest BCUT2D eigenvalue weighted by Gasteiger charge is 2.25. The Balaban J connectivity index is 0. The van der Waals surface area contributed by atoms with E-state index in [1.54, 1.807) is 6.92 Å². The Labute approximate surface area is 90.8 Å². The van der Waals surface area contributed by atoms with Crippen molar-refractivity contribution < 1.29 is 13.2 Å². The summed E-state index contributed by atoms with van der Waals surface area (Å²) in [7, 11) is 0. The molecule has 0 saturated carbocycles. The fourth-order valence-electron chi connectivity index (χ4n) is 0.938. The largest absolute Gasteiger partial charge is 0.401 e. The van der Waals surface area contributed by atoms with Gasteiger partial charge in [0.05, 0.1) is 6.54 Å². The van der Waals surface area contributed by atoms with Gasteiger partial charge < -0.3 is 10.2 Å². The van der Waals surface area contributed by atoms with Crippen LogP contribution in [0.3, 0.4) is 0 Å². The molecule has 0 aliphatic carbocycles. The minimum absolute atomic E-state index is 0.361. The number of rotatable bonds is 5. The van der Waals surface area contributed by atoms with E-state index in [2.05, 4.69) is 31.0 Å². The van der Waals surface area contributed by atoms with Crippen LogP contribution in [0, 0.1) is 0 Å². The summed E-state index contributed by atoms with van der Waals surface area (Å²) in [4.78, 5) is 2.38. The van der Waals surface area contributed by atoms with Gasteiger partial charge in [0.2, 0.25) is 0 Å². The zero-order valence-corrected chi connectivity index (χ0v) is 10.1. The van der Waals surface area contributed by atoms with E-state index in [0.717, 1.165) is 0 Å². The first-order chi connectivity index (χ1) is 6.91. The van der Waals surface area contributed by atoms with Crippen molar-refractivity contribution in [2.24, 2.45) is 0 Å². The highest BCUT2D eigenvalue weighted by Crippen LogP contribution is 2.11. The van der Waals surface area contributed by atoms with E-state index in [1.807, 2.05) is 0 Å². The third kappa shape index (κ3) is 16.4. The maximum Gasteiger partial charge on any atom is 0.401 e. The maximum atomic E-state index is 11.2. The average Bonchev–Trinajstić information content (AvgIpc) is 2.17. The number of hydrogen-bond acceptors (Lipinski definition) is 2. The molecule has 0 aromatic heterocycles. The first kappa shape index (κ1) is 17.1. The molecule has 0 rings (SSSR count). The normalized spacial score (nSPS) is 11.2. The summed E-state index contributed by atoms with van der Waals surface area (Å²) in [5.41, 5.74) is 0. The average molecular weight is 228 g/mol. The second-order valence-electron chi connectivity index (χ2n) is 3.02. The molecular weight excluding hydrogens is 205 g/mol. The van der Waals surface area contributed by atoms with Crippen LogP contribution in [-0.2, 0) is 0 Å². The second kappa shape index (κ2) is 10.2. The molecule has 0 aromatic carbocycles. The van der Waals surface area contributed by atoms with Gasteiger partial charge in [-0.3, -0.25) is 0 Å². The Morgan fingerprint density at radius 1 is 0.933 bits per heavy atom. The summed E-state index contributed by atoms with van der Waals surface area (Å²) in [5.74, 6) is 0. The molecule has 0 aliphatic rings. The molecule has 0 bridgehead atoms. The van der Waals surface area contributed by atoms with Gasteiger partial charge in [0.1, 0.15) is 0 Å². The highest BCUT2D eigenvalue weighted by atomic mass is 19.4. The van der Waals surface area contributed by atoms with Crippen LogP contribution in [0.25, 0.3) is 0 Å². The van der Waals surface area contributed by atoms with Gasteiger partial charge in [-0.1, -0.05) is 27.7 Å². The van der Waals surface area contributed by atoms with Crippen LogP contribution in [0.4, 0.5) is 13.2 Å². The van der Waals surface area contributed by atoms with E-state index >= 15 is 0 Å². The van der Waals surface area contributed by atoms with Gasteiger partial charge in [-0.2, -0.15) is 13.2 Å². The molecule has 0 atom stereocenters. The predicted octanol–water partition coefficient (Wildman–Crippen LogP) is 2.51. The first-order valence-electron chi connectivity index (χ1n) is 5.40. The number of nitrogens with zero attached hydrogens (tertiary/aromatic N) is 1. The van der Waals surface area contributed by atoms with Crippen LogP contribution in [0.15, 0.2) is 0 Å². The molecule has 0 unspecified atom stereocenters. The molecule has 0 amide bonds. The molecule has 2 nitrogen and oxygen atoms in total. The van der Waals surface area contributed by atoms with Gasteiger partial charge in [-0.25, -0.2) is 0 Å². The van der Waals surface area contributed by atoms with Crippen LogP contribution in [0.5, 0.6) is 0 Å². The van der Waals surface area contributed by atoms with Gasteiger partial charge in [-0.15, -0.1) is 0 Å². The summed E-state index contributed by atoms with van der Waals surface area (Å²) in [5, 5.41) is 2.16. The predicted molar refractivity (Wildman–Crippen MR) is 58.1 cm³/mol. The van der Waals surface area contributed by atoms with Crippen LogP contribution in [-0.4, -0.2) is 43.8 Å². The van der Waals surface area contributed by atoms with Gasteiger partial charge in [0.25, 0.3) is 0 Å². The number of halogens is 3. The van der Waals surface area contributed by atoms with Gasteiger partial charge in [0.15, 0.2) is 0 Å². The fraction of sp³-hybridized carbons (Fsp3) is 1.00. The molecule has 5 heteroatoms. The molecular formula is C10H23F3N2. The van der Waals surface area contributed by atoms with E-state index in [4.69, 9.17) is 0 Å². The summed E-state index contributed by atoms with van der Waals surface area (Å²) >= 11 is 0. The standard InChI is InChI=1S/C6H15N.C4H8F3N/c1-4-7(5-2)6-3;1-2-8-3-4(5,6)7/h4-6H2,1-3H3;8H,2-3H2,1H3. The summed E-state index contributed by atoms with van der Waals surface area (Å²) in [6, 6.07) is 0. The zero-order chi connectivity index (χ0) is 12.3. The minimum Gasteiger partial charge on any atom is -0.309 e. The van der Waals surface area contributed by atoms with Crippen molar-refractivity contribution >= 4 is 0 Å². The maximum absolute atomic E-state index is 11.2. The van der Waals surface area contributed by atoms with Crippen LogP contribution in [0.2, 0.25) is 0 Å². The van der Waals surface area contributed by atoms with Crippen LogP contribution in [0.1, 0.15) is 27.7 Å². The Bertz CT molecular complexity index is 117. The number of nitrogens with one attached hydrogen (secondary N) is 1. The molecule has 94 valence electrons. The van der Waals surface area contributed by atoms with Crippen molar-refractivity contribution in [3.8, 4) is 0 Å². The molecule has 0 saturated heterocycles. The van der Waals surface area contributed by atoms with E-state index in [0.29, 0.717) is 6.54 Å². The lowest BCUT2D eigenvalue weighted by Crippen LogP contribution is -2.28. The molecule has 0 spiro atoms. The zero-order valence-electron chi connectivity index (χ0n) is 10.1. The van der Waals surface area contributed by atoms with Crippen molar-refractivity contribution in [1.82, 2.24) is 10.2 Å². The fourth-order valence-corrected chi connectivity index (χ4v) is 0.938. The van der Waals surface area contributed by atoms with Crippen molar-refractivity contribution in [3.05, 3.63) is 0 Å². The number of hydrogen-bond donors (Lipinski definition) is 1. The molecule has 1 N–H and O–H groups in total. The molecule has 0 fully saturated rings. The van der Waals surface area contributed by atoms with E-state index < -0.39 is 12.7 Å². The summed E-state index contributed by atoms with van der Waals surface area (Å²) in [6.07, 6.45) is -4.06. The van der Waals surface area contributed by atoms with E-state index in [1.165, 1.54) is 19.6 Å². The monoisotopic (exact) mass is 228 g/mol. The topological polar surface area (TPSA) is 15.3 Å². The van der Waals surface area contributed by atoms with Crippen LogP contribution >= 0.6 is 0 Å². The van der Waals surface area contributed by atoms with E-state index in [9.17, 15) is 13.2 Å². The highest BCUT2D eigenvalue weighted by molar-refractivity contribution is 4.52. The van der Waals surface area contributed by atoms with Crippen LogP contribution < -0.4 is 5.32 Å². The third-order valence-corrected chi connectivity index (χ3v) is 1.92. The van der Waals surface area contributed by atoms with Crippen molar-refractivity contribution in [1.29, 1.82) is 0 Å². The lowest BCUT2D eigenvalue weighted by atomic mass is 10.5. The molecule has 0 aromatic rings. The quantitative estimate of drug-likeness (QED) is 0.777. The Kier molecular flexibility index (Phi) is 11.7. The van der Waals surface area contributed by atoms with Gasteiger partial charge >= 0.3 is 6.18 Å². The van der Waals surface area contributed by atoms with Gasteiger partial charge in [0, 0.05) is 0 Å². The smallest absolute Gasteiger partial charge is 0.309 e. The lowest BCUT2D eigenvalue weighted by molar-refractivity contribution is -0.124.